The van der Waals surface area contributed by atoms with Gasteiger partial charge in [-0.2, -0.15) is 0 Å². The van der Waals surface area contributed by atoms with Crippen LogP contribution in [0.25, 0.3) is 5.65 Å². The van der Waals surface area contributed by atoms with E-state index in [2.05, 4.69) is 21.5 Å². The molecule has 0 saturated heterocycles. The molecule has 1 N–H and O–H groups in total. The van der Waals surface area contributed by atoms with Crippen molar-refractivity contribution in [3.05, 3.63) is 64.6 Å². The van der Waals surface area contributed by atoms with Gasteiger partial charge in [0, 0.05) is 22.2 Å². The van der Waals surface area contributed by atoms with E-state index in [1.54, 1.807) is 0 Å². The maximum Gasteiger partial charge on any atom is 0.166 e. The lowest BCUT2D eigenvalue weighted by atomic mass is 9.81. The number of fused-ring (bicyclic) bond motifs is 1. The molecule has 1 aromatic carbocycles. The Kier molecular flexibility index (Phi) is 5.17. The van der Waals surface area contributed by atoms with Gasteiger partial charge in [0.05, 0.1) is 18.8 Å². The molecule has 1 aliphatic carbocycles. The molecule has 0 radical (unpaired) electrons. The van der Waals surface area contributed by atoms with Crippen molar-refractivity contribution < 1.29 is 9.84 Å². The predicted molar refractivity (Wildman–Crippen MR) is 109 cm³/mol. The molecule has 1 fully saturated rings. The van der Waals surface area contributed by atoms with Crippen LogP contribution in [0.15, 0.2) is 42.6 Å². The van der Waals surface area contributed by atoms with Gasteiger partial charge in [0.15, 0.2) is 5.65 Å². The number of nitrogens with zero attached hydrogens (tertiary/aromatic N) is 3. The van der Waals surface area contributed by atoms with Crippen molar-refractivity contribution in [2.75, 3.05) is 0 Å². The minimum Gasteiger partial charge on any atom is -0.390 e. The summed E-state index contributed by atoms with van der Waals surface area (Å²) < 4.78 is 7.98. The highest BCUT2D eigenvalue weighted by Gasteiger charge is 2.47. The first kappa shape index (κ1) is 19.4. The molecule has 2 aromatic heterocycles. The van der Waals surface area contributed by atoms with Crippen molar-refractivity contribution in [1.82, 2.24) is 14.6 Å². The first-order valence-electron chi connectivity index (χ1n) is 9.81. The van der Waals surface area contributed by atoms with Crippen LogP contribution in [-0.4, -0.2) is 25.3 Å². The highest BCUT2D eigenvalue weighted by Crippen LogP contribution is 2.47. The van der Waals surface area contributed by atoms with E-state index in [4.69, 9.17) is 16.3 Å². The van der Waals surface area contributed by atoms with Gasteiger partial charge in [-0.3, -0.25) is 4.40 Å². The van der Waals surface area contributed by atoms with Crippen LogP contribution in [0.5, 0.6) is 0 Å². The molecule has 0 spiro atoms. The molecule has 2 atom stereocenters. The van der Waals surface area contributed by atoms with Crippen LogP contribution in [0.1, 0.15) is 56.5 Å². The van der Waals surface area contributed by atoms with E-state index >= 15 is 0 Å². The predicted octanol–water partition coefficient (Wildman–Crippen LogP) is 4.68. The Hall–Kier alpha value is -1.95. The summed E-state index contributed by atoms with van der Waals surface area (Å²) in [6.45, 7) is 4.97. The zero-order valence-corrected chi connectivity index (χ0v) is 17.1. The minimum absolute atomic E-state index is 0.139. The van der Waals surface area contributed by atoms with Crippen molar-refractivity contribution in [3.8, 4) is 0 Å². The summed E-state index contributed by atoms with van der Waals surface area (Å²) in [6.07, 6.45) is 5.36. The van der Waals surface area contributed by atoms with Gasteiger partial charge in [-0.25, -0.2) is 0 Å². The van der Waals surface area contributed by atoms with Crippen molar-refractivity contribution in [2.45, 2.75) is 63.8 Å². The number of rotatable bonds is 6. The second kappa shape index (κ2) is 7.47. The third-order valence-corrected chi connectivity index (χ3v) is 6.37. The number of aliphatic hydroxyl groups is 1. The van der Waals surface area contributed by atoms with E-state index in [-0.39, 0.29) is 5.41 Å². The summed E-state index contributed by atoms with van der Waals surface area (Å²) in [7, 11) is 0. The number of halogens is 1. The lowest BCUT2D eigenvalue weighted by Crippen LogP contribution is -2.29. The van der Waals surface area contributed by atoms with Crippen LogP contribution in [0.4, 0.5) is 0 Å². The van der Waals surface area contributed by atoms with Crippen LogP contribution in [0, 0.1) is 0 Å². The first-order valence-corrected chi connectivity index (χ1v) is 10.2. The summed E-state index contributed by atoms with van der Waals surface area (Å²) in [5.74, 6) is 0.940. The molecular formula is C22H26ClN3O2. The number of aromatic nitrogens is 3. The highest BCUT2D eigenvalue weighted by atomic mass is 35.5. The Morgan fingerprint density at radius 2 is 1.86 bits per heavy atom. The summed E-state index contributed by atoms with van der Waals surface area (Å²) in [5, 5.41) is 20.3. The molecule has 28 heavy (non-hydrogen) atoms. The topological polar surface area (TPSA) is 59.7 Å². The summed E-state index contributed by atoms with van der Waals surface area (Å²) in [6, 6.07) is 11.7. The van der Waals surface area contributed by atoms with Crippen molar-refractivity contribution in [3.63, 3.8) is 0 Å². The van der Waals surface area contributed by atoms with Gasteiger partial charge in [0.1, 0.15) is 5.82 Å². The number of pyridine rings is 1. The van der Waals surface area contributed by atoms with Gasteiger partial charge < -0.3 is 9.84 Å². The fourth-order valence-corrected chi connectivity index (χ4v) is 4.59. The van der Waals surface area contributed by atoms with Gasteiger partial charge >= 0.3 is 0 Å². The van der Waals surface area contributed by atoms with Gasteiger partial charge in [-0.15, -0.1) is 10.2 Å². The zero-order valence-electron chi connectivity index (χ0n) is 16.4. The van der Waals surface area contributed by atoms with Gasteiger partial charge in [-0.05, 0) is 50.3 Å². The number of hydrogen-bond acceptors (Lipinski definition) is 4. The smallest absolute Gasteiger partial charge is 0.166 e. The maximum atomic E-state index is 10.5. The average Bonchev–Trinajstić information content (AvgIpc) is 3.25. The highest BCUT2D eigenvalue weighted by molar-refractivity contribution is 6.31. The molecule has 3 aromatic rings. The second-order valence-corrected chi connectivity index (χ2v) is 8.55. The monoisotopic (exact) mass is 399 g/mol. The van der Waals surface area contributed by atoms with E-state index in [0.717, 1.165) is 41.9 Å². The lowest BCUT2D eigenvalue weighted by Gasteiger charge is -2.27. The quantitative estimate of drug-likeness (QED) is 0.653. The summed E-state index contributed by atoms with van der Waals surface area (Å²) in [4.78, 5) is 0. The van der Waals surface area contributed by atoms with E-state index in [1.165, 1.54) is 0 Å². The molecule has 0 amide bonds. The molecule has 148 valence electrons. The Labute approximate surface area is 170 Å². The average molecular weight is 400 g/mol. The maximum absolute atomic E-state index is 10.5. The Morgan fingerprint density at radius 3 is 2.57 bits per heavy atom. The minimum atomic E-state index is -0.641. The van der Waals surface area contributed by atoms with E-state index in [9.17, 15) is 5.11 Å². The van der Waals surface area contributed by atoms with Gasteiger partial charge in [-0.1, -0.05) is 42.8 Å². The lowest BCUT2D eigenvalue weighted by molar-refractivity contribution is 0.0596. The van der Waals surface area contributed by atoms with Crippen LogP contribution >= 0.6 is 11.6 Å². The Balaban J connectivity index is 1.58. The molecule has 5 nitrogen and oxygen atoms in total. The molecule has 1 saturated carbocycles. The molecule has 2 heterocycles. The van der Waals surface area contributed by atoms with Crippen LogP contribution in [0.2, 0.25) is 5.02 Å². The molecule has 4 rings (SSSR count). The van der Waals surface area contributed by atoms with E-state index in [1.807, 2.05) is 49.5 Å². The SMILES string of the molecule is CCC1(c2nnc3c(COCc4ccccc4Cl)cccn23)CCC(C)(O)C1. The third kappa shape index (κ3) is 3.54. The van der Waals surface area contributed by atoms with E-state index < -0.39 is 5.60 Å². The fourth-order valence-electron chi connectivity index (χ4n) is 4.40. The fraction of sp³-hybridized carbons (Fsp3) is 0.455. The van der Waals surface area contributed by atoms with Gasteiger partial charge in [0.2, 0.25) is 0 Å². The summed E-state index contributed by atoms with van der Waals surface area (Å²) >= 11 is 6.20. The summed E-state index contributed by atoms with van der Waals surface area (Å²) in [5.41, 5.74) is 1.99. The first-order chi connectivity index (χ1) is 13.4. The normalized spacial score (nSPS) is 24.9. The molecule has 6 heteroatoms. The van der Waals surface area contributed by atoms with Crippen LogP contribution < -0.4 is 0 Å². The number of ether oxygens (including phenoxy) is 1. The zero-order chi connectivity index (χ0) is 19.8. The molecule has 0 bridgehead atoms. The number of hydrogen-bond donors (Lipinski definition) is 1. The van der Waals surface area contributed by atoms with Crippen molar-refractivity contribution in [2.24, 2.45) is 0 Å². The molecular weight excluding hydrogens is 374 g/mol. The number of benzene rings is 1. The standard InChI is InChI=1S/C22H26ClN3O2/c1-3-22(11-10-21(2,27)15-22)20-25-24-19-17(8-6-12-26(19)20)14-28-13-16-7-4-5-9-18(16)23/h4-9,12,27H,3,10-11,13-15H2,1-2H3. The van der Waals surface area contributed by atoms with Crippen molar-refractivity contribution in [1.29, 1.82) is 0 Å². The third-order valence-electron chi connectivity index (χ3n) is 6.00. The van der Waals surface area contributed by atoms with E-state index in [0.29, 0.717) is 24.7 Å². The molecule has 0 aliphatic heterocycles. The second-order valence-electron chi connectivity index (χ2n) is 8.14. The van der Waals surface area contributed by atoms with Crippen LogP contribution in [0.3, 0.4) is 0 Å². The van der Waals surface area contributed by atoms with Gasteiger partial charge in [0.25, 0.3) is 0 Å². The van der Waals surface area contributed by atoms with Crippen molar-refractivity contribution >= 4 is 17.2 Å². The molecule has 1 aliphatic rings. The van der Waals surface area contributed by atoms with Crippen LogP contribution in [-0.2, 0) is 23.4 Å². The largest absolute Gasteiger partial charge is 0.390 e. The molecule has 2 unspecified atom stereocenters. The Morgan fingerprint density at radius 1 is 1.11 bits per heavy atom. The Bertz CT molecular complexity index is 985.